The zero-order chi connectivity index (χ0) is 12.9. The molecule has 0 radical (unpaired) electrons. The van der Waals surface area contributed by atoms with Crippen LogP contribution in [-0.2, 0) is 4.79 Å². The van der Waals surface area contributed by atoms with Crippen LogP contribution in [0.25, 0.3) is 0 Å². The molecular formula is C13H12ClNO3. The summed E-state index contributed by atoms with van der Waals surface area (Å²) in [5.74, 6) is -1.12. The van der Waals surface area contributed by atoms with Crippen molar-refractivity contribution in [2.45, 2.75) is 31.4 Å². The molecule has 1 aliphatic carbocycles. The normalized spacial score (nSPS) is 26.9. The average Bonchev–Trinajstić information content (AvgIpc) is 2.86. The summed E-state index contributed by atoms with van der Waals surface area (Å²) in [4.78, 5) is 25.3. The topological polar surface area (TPSA) is 57.6 Å². The number of amides is 1. The van der Waals surface area contributed by atoms with Crippen LogP contribution >= 0.6 is 11.6 Å². The van der Waals surface area contributed by atoms with Crippen molar-refractivity contribution in [3.05, 3.63) is 28.8 Å². The highest BCUT2D eigenvalue weighted by atomic mass is 35.5. The van der Waals surface area contributed by atoms with Gasteiger partial charge in [-0.1, -0.05) is 17.7 Å². The fourth-order valence-corrected chi connectivity index (χ4v) is 3.07. The summed E-state index contributed by atoms with van der Waals surface area (Å²) in [5, 5.41) is 10.3. The van der Waals surface area contributed by atoms with Crippen molar-refractivity contribution in [1.29, 1.82) is 0 Å². The Morgan fingerprint density at radius 1 is 1.28 bits per heavy atom. The first kappa shape index (κ1) is 11.7. The van der Waals surface area contributed by atoms with E-state index in [0.717, 1.165) is 6.42 Å². The van der Waals surface area contributed by atoms with E-state index in [-0.39, 0.29) is 6.04 Å². The molecule has 5 heteroatoms. The van der Waals surface area contributed by atoms with Gasteiger partial charge < -0.3 is 5.11 Å². The number of halogens is 1. The Kier molecular flexibility index (Phi) is 2.64. The summed E-state index contributed by atoms with van der Waals surface area (Å²) in [6.07, 6.45) is 1.63. The molecule has 94 valence electrons. The maximum absolute atomic E-state index is 12.1. The van der Waals surface area contributed by atoms with Gasteiger partial charge in [0.2, 0.25) is 0 Å². The Morgan fingerprint density at radius 3 is 2.72 bits per heavy atom. The van der Waals surface area contributed by atoms with Crippen molar-refractivity contribution in [2.24, 2.45) is 0 Å². The van der Waals surface area contributed by atoms with Gasteiger partial charge in [0.05, 0.1) is 28.4 Å². The van der Waals surface area contributed by atoms with Crippen LogP contribution in [0.15, 0.2) is 18.2 Å². The first-order chi connectivity index (χ1) is 8.61. The smallest absolute Gasteiger partial charge is 0.299 e. The number of carbonyl (C=O) groups is 2. The molecule has 1 amide bonds. The molecule has 3 rings (SSSR count). The minimum atomic E-state index is -0.580. The van der Waals surface area contributed by atoms with Crippen LogP contribution in [-0.4, -0.2) is 28.9 Å². The minimum absolute atomic E-state index is 0.331. The molecule has 0 spiro atoms. The number of hydrogen-bond donors (Lipinski definition) is 1. The molecule has 1 aliphatic heterocycles. The lowest BCUT2D eigenvalue weighted by molar-refractivity contribution is -0.115. The van der Waals surface area contributed by atoms with E-state index in [1.807, 2.05) is 0 Å². The van der Waals surface area contributed by atoms with Crippen LogP contribution < -0.4 is 4.90 Å². The molecule has 18 heavy (non-hydrogen) atoms. The van der Waals surface area contributed by atoms with Gasteiger partial charge in [0.1, 0.15) is 0 Å². The van der Waals surface area contributed by atoms with E-state index in [4.69, 9.17) is 11.6 Å². The highest BCUT2D eigenvalue weighted by Crippen LogP contribution is 2.40. The molecule has 1 saturated carbocycles. The van der Waals surface area contributed by atoms with Crippen molar-refractivity contribution in [3.63, 3.8) is 0 Å². The second-order valence-electron chi connectivity index (χ2n) is 4.71. The fraction of sp³-hybridized carbons (Fsp3) is 0.385. The monoisotopic (exact) mass is 265 g/mol. The van der Waals surface area contributed by atoms with Gasteiger partial charge in [-0.2, -0.15) is 0 Å². The number of para-hydroxylation sites is 1. The minimum Gasteiger partial charge on any atom is -0.391 e. The van der Waals surface area contributed by atoms with Crippen LogP contribution in [0.2, 0.25) is 5.02 Å². The highest BCUT2D eigenvalue weighted by molar-refractivity contribution is 6.54. The number of anilines is 1. The SMILES string of the molecule is O=C1C(=O)N([C@H]2CCC[C@@H]2O)c2c(Cl)cccc21. The lowest BCUT2D eigenvalue weighted by atomic mass is 10.1. The number of carbonyl (C=O) groups excluding carboxylic acids is 2. The second-order valence-corrected chi connectivity index (χ2v) is 5.11. The average molecular weight is 266 g/mol. The van der Waals surface area contributed by atoms with Crippen molar-refractivity contribution >= 4 is 29.0 Å². The highest BCUT2D eigenvalue weighted by Gasteiger charge is 2.44. The van der Waals surface area contributed by atoms with Crippen molar-refractivity contribution in [2.75, 3.05) is 4.90 Å². The van der Waals surface area contributed by atoms with E-state index in [2.05, 4.69) is 0 Å². The molecule has 1 aromatic rings. The van der Waals surface area contributed by atoms with Gasteiger partial charge in [-0.15, -0.1) is 0 Å². The van der Waals surface area contributed by atoms with Crippen LogP contribution in [0.5, 0.6) is 0 Å². The molecule has 1 N–H and O–H groups in total. The van der Waals surface area contributed by atoms with Crippen LogP contribution in [0.3, 0.4) is 0 Å². The van der Waals surface area contributed by atoms with Gasteiger partial charge in [-0.05, 0) is 31.4 Å². The molecule has 0 bridgehead atoms. The van der Waals surface area contributed by atoms with Gasteiger partial charge in [0, 0.05) is 0 Å². The second kappa shape index (κ2) is 4.07. The van der Waals surface area contributed by atoms with Gasteiger partial charge in [0.15, 0.2) is 0 Å². The summed E-state index contributed by atoms with van der Waals surface area (Å²) in [6.45, 7) is 0. The predicted molar refractivity (Wildman–Crippen MR) is 66.9 cm³/mol. The summed E-state index contributed by atoms with van der Waals surface area (Å²) < 4.78 is 0. The van der Waals surface area contributed by atoms with E-state index >= 15 is 0 Å². The number of fused-ring (bicyclic) bond motifs is 1. The van der Waals surface area contributed by atoms with E-state index in [1.54, 1.807) is 18.2 Å². The van der Waals surface area contributed by atoms with Crippen LogP contribution in [0, 0.1) is 0 Å². The molecule has 4 nitrogen and oxygen atoms in total. The maximum atomic E-state index is 12.1. The molecule has 2 atom stereocenters. The van der Waals surface area contributed by atoms with Crippen molar-refractivity contribution in [1.82, 2.24) is 0 Å². The van der Waals surface area contributed by atoms with Gasteiger partial charge in [-0.3, -0.25) is 14.5 Å². The lowest BCUT2D eigenvalue weighted by Gasteiger charge is -2.27. The Hall–Kier alpha value is -1.39. The number of ketones is 1. The number of aliphatic hydroxyl groups excluding tert-OH is 1. The van der Waals surface area contributed by atoms with Gasteiger partial charge in [0.25, 0.3) is 11.7 Å². The van der Waals surface area contributed by atoms with E-state index < -0.39 is 17.8 Å². The molecular weight excluding hydrogens is 254 g/mol. The Labute approximate surface area is 109 Å². The van der Waals surface area contributed by atoms with Gasteiger partial charge in [-0.25, -0.2) is 0 Å². The Morgan fingerprint density at radius 2 is 2.06 bits per heavy atom. The zero-order valence-electron chi connectivity index (χ0n) is 9.60. The predicted octanol–water partition coefficient (Wildman–Crippen LogP) is 1.78. The summed E-state index contributed by atoms with van der Waals surface area (Å²) in [7, 11) is 0. The standard InChI is InChI=1S/C13H12ClNO3/c14-8-4-1-3-7-11(8)15(13(18)12(7)17)9-5-2-6-10(9)16/h1,3-4,9-10,16H,2,5-6H2/t9-,10-/m0/s1. The number of rotatable bonds is 1. The van der Waals surface area contributed by atoms with Crippen molar-refractivity contribution in [3.8, 4) is 0 Å². The van der Waals surface area contributed by atoms with E-state index in [9.17, 15) is 14.7 Å². The Balaban J connectivity index is 2.12. The van der Waals surface area contributed by atoms with E-state index in [0.29, 0.717) is 29.1 Å². The number of hydrogen-bond acceptors (Lipinski definition) is 3. The number of benzene rings is 1. The first-order valence-electron chi connectivity index (χ1n) is 5.95. The third kappa shape index (κ3) is 1.49. The molecule has 1 heterocycles. The third-order valence-corrected chi connectivity index (χ3v) is 3.97. The summed E-state index contributed by atoms with van der Waals surface area (Å²) >= 11 is 6.09. The third-order valence-electron chi connectivity index (χ3n) is 3.66. The first-order valence-corrected chi connectivity index (χ1v) is 6.33. The summed E-state index contributed by atoms with van der Waals surface area (Å²) in [5.41, 5.74) is 0.798. The molecule has 2 aliphatic rings. The van der Waals surface area contributed by atoms with E-state index in [1.165, 1.54) is 4.90 Å². The van der Waals surface area contributed by atoms with Crippen molar-refractivity contribution < 1.29 is 14.7 Å². The van der Waals surface area contributed by atoms with Crippen LogP contribution in [0.4, 0.5) is 5.69 Å². The largest absolute Gasteiger partial charge is 0.391 e. The molecule has 0 unspecified atom stereocenters. The quantitative estimate of drug-likeness (QED) is 0.788. The molecule has 1 fully saturated rings. The molecule has 0 aromatic heterocycles. The van der Waals surface area contributed by atoms with Gasteiger partial charge >= 0.3 is 0 Å². The number of Topliss-reactive ketones (excluding diaryl/α,β-unsaturated/α-hetero) is 1. The van der Waals surface area contributed by atoms with Crippen LogP contribution in [0.1, 0.15) is 29.6 Å². The Bertz CT molecular complexity index is 543. The molecule has 0 saturated heterocycles. The molecule has 1 aromatic carbocycles. The lowest BCUT2D eigenvalue weighted by Crippen LogP contribution is -2.43. The number of nitrogens with zero attached hydrogens (tertiary/aromatic N) is 1. The maximum Gasteiger partial charge on any atom is 0.299 e. The zero-order valence-corrected chi connectivity index (χ0v) is 10.4. The number of aliphatic hydroxyl groups is 1. The fourth-order valence-electron chi connectivity index (χ4n) is 2.81. The summed E-state index contributed by atoms with van der Waals surface area (Å²) in [6, 6.07) is 4.58.